The van der Waals surface area contributed by atoms with Gasteiger partial charge in [0.1, 0.15) is 11.8 Å². The largest absolute Gasteiger partial charge is 0.496 e. The highest BCUT2D eigenvalue weighted by Crippen LogP contribution is 2.17. The first kappa shape index (κ1) is 21.4. The molecule has 2 amide bonds. The number of carbonyl (C=O) groups excluding carboxylic acids is 3. The zero-order valence-electron chi connectivity index (χ0n) is 16.1. The number of nitriles is 1. The monoisotopic (exact) mass is 395 g/mol. The van der Waals surface area contributed by atoms with Gasteiger partial charge in [-0.3, -0.25) is 14.4 Å². The first-order chi connectivity index (χ1) is 14.0. The summed E-state index contributed by atoms with van der Waals surface area (Å²) in [6.45, 7) is 1.47. The maximum absolute atomic E-state index is 12.2. The molecule has 2 rings (SSSR count). The van der Waals surface area contributed by atoms with E-state index in [1.54, 1.807) is 48.5 Å². The number of nitrogens with zero attached hydrogens (tertiary/aromatic N) is 1. The number of rotatable bonds is 8. The van der Waals surface area contributed by atoms with E-state index in [0.717, 1.165) is 0 Å². The van der Waals surface area contributed by atoms with Crippen LogP contribution in [0.5, 0.6) is 5.75 Å². The Balaban J connectivity index is 1.80. The number of nitrogens with one attached hydrogen (secondary N) is 2. The quantitative estimate of drug-likeness (QED) is 0.662. The van der Waals surface area contributed by atoms with Crippen molar-refractivity contribution in [3.63, 3.8) is 0 Å². The molecule has 8 heteroatoms. The highest BCUT2D eigenvalue weighted by atomic mass is 16.5. The Hall–Kier alpha value is -3.86. The lowest BCUT2D eigenvalue weighted by molar-refractivity contribution is -0.153. The molecule has 29 heavy (non-hydrogen) atoms. The first-order valence-electron chi connectivity index (χ1n) is 8.87. The number of methoxy groups -OCH3 is 1. The van der Waals surface area contributed by atoms with Crippen molar-refractivity contribution in [2.75, 3.05) is 19.0 Å². The molecule has 0 spiro atoms. The molecular formula is C21H21N3O5. The number of hydrogen-bond donors (Lipinski definition) is 2. The summed E-state index contributed by atoms with van der Waals surface area (Å²) in [5.41, 5.74) is 0.998. The van der Waals surface area contributed by atoms with Crippen LogP contribution < -0.4 is 15.4 Å². The predicted octanol–water partition coefficient (Wildman–Crippen LogP) is 2.26. The van der Waals surface area contributed by atoms with Crippen LogP contribution in [0, 0.1) is 11.3 Å². The van der Waals surface area contributed by atoms with Gasteiger partial charge < -0.3 is 20.1 Å². The number of benzene rings is 2. The standard InChI is InChI=1S/C21H21N3O5/c1-14(20(26)24-17-9-5-3-7-15(17)13-22)29-19(25)11-12-23-21(27)16-8-4-6-10-18(16)28-2/h3-10,14H,11-12H2,1-2H3,(H,23,27)(H,24,26)/t14-/m0/s1. The fourth-order valence-corrected chi connectivity index (χ4v) is 2.44. The number of para-hydroxylation sites is 2. The van der Waals surface area contributed by atoms with Crippen LogP contribution >= 0.6 is 0 Å². The molecule has 0 aliphatic rings. The summed E-state index contributed by atoms with van der Waals surface area (Å²) in [4.78, 5) is 36.3. The van der Waals surface area contributed by atoms with E-state index in [1.165, 1.54) is 14.0 Å². The van der Waals surface area contributed by atoms with Crippen LogP contribution in [0.15, 0.2) is 48.5 Å². The smallest absolute Gasteiger partial charge is 0.308 e. The highest BCUT2D eigenvalue weighted by Gasteiger charge is 2.19. The van der Waals surface area contributed by atoms with Gasteiger partial charge in [0.25, 0.3) is 11.8 Å². The Kier molecular flexibility index (Phi) is 7.74. The van der Waals surface area contributed by atoms with Crippen LogP contribution in [0.3, 0.4) is 0 Å². The fourth-order valence-electron chi connectivity index (χ4n) is 2.44. The summed E-state index contributed by atoms with van der Waals surface area (Å²) in [6.07, 6.45) is -1.16. The zero-order valence-corrected chi connectivity index (χ0v) is 16.1. The van der Waals surface area contributed by atoms with Gasteiger partial charge in [0.15, 0.2) is 6.10 Å². The van der Waals surface area contributed by atoms with Crippen molar-refractivity contribution >= 4 is 23.5 Å². The van der Waals surface area contributed by atoms with Crippen molar-refractivity contribution in [1.82, 2.24) is 5.32 Å². The van der Waals surface area contributed by atoms with Gasteiger partial charge in [-0.1, -0.05) is 24.3 Å². The van der Waals surface area contributed by atoms with Gasteiger partial charge in [-0.25, -0.2) is 0 Å². The Morgan fingerprint density at radius 3 is 2.52 bits per heavy atom. The van der Waals surface area contributed by atoms with Gasteiger partial charge in [0, 0.05) is 6.54 Å². The molecule has 2 aromatic carbocycles. The van der Waals surface area contributed by atoms with E-state index in [1.807, 2.05) is 6.07 Å². The number of ether oxygens (including phenoxy) is 2. The van der Waals surface area contributed by atoms with Crippen molar-refractivity contribution in [1.29, 1.82) is 5.26 Å². The van der Waals surface area contributed by atoms with Crippen LogP contribution in [0.2, 0.25) is 0 Å². The van der Waals surface area contributed by atoms with Crippen molar-refractivity contribution in [3.8, 4) is 11.8 Å². The van der Waals surface area contributed by atoms with Crippen LogP contribution in [0.4, 0.5) is 5.69 Å². The third-order valence-electron chi connectivity index (χ3n) is 3.95. The second-order valence-corrected chi connectivity index (χ2v) is 5.98. The molecule has 150 valence electrons. The van der Waals surface area contributed by atoms with E-state index in [2.05, 4.69) is 10.6 Å². The van der Waals surface area contributed by atoms with Crippen molar-refractivity contribution in [3.05, 3.63) is 59.7 Å². The van der Waals surface area contributed by atoms with E-state index in [-0.39, 0.29) is 18.9 Å². The molecule has 0 fully saturated rings. The molecule has 1 atom stereocenters. The molecule has 0 aliphatic heterocycles. The van der Waals surface area contributed by atoms with Gasteiger partial charge in [-0.05, 0) is 31.2 Å². The fraction of sp³-hybridized carbons (Fsp3) is 0.238. The Bertz CT molecular complexity index is 936. The highest BCUT2D eigenvalue weighted by molar-refractivity contribution is 5.97. The number of esters is 1. The molecule has 2 aromatic rings. The third-order valence-corrected chi connectivity index (χ3v) is 3.95. The molecule has 0 bridgehead atoms. The second kappa shape index (κ2) is 10.5. The average Bonchev–Trinajstić information content (AvgIpc) is 2.73. The zero-order chi connectivity index (χ0) is 21.2. The Morgan fingerprint density at radius 2 is 1.79 bits per heavy atom. The molecule has 0 radical (unpaired) electrons. The van der Waals surface area contributed by atoms with Crippen molar-refractivity contribution < 1.29 is 23.9 Å². The van der Waals surface area contributed by atoms with E-state index in [4.69, 9.17) is 14.7 Å². The summed E-state index contributed by atoms with van der Waals surface area (Å²) < 4.78 is 10.2. The molecule has 0 unspecified atom stereocenters. The van der Waals surface area contributed by atoms with Gasteiger partial charge >= 0.3 is 5.97 Å². The molecule has 0 saturated carbocycles. The molecule has 0 aromatic heterocycles. The summed E-state index contributed by atoms with van der Waals surface area (Å²) in [7, 11) is 1.46. The summed E-state index contributed by atoms with van der Waals surface area (Å²) in [5, 5.41) is 14.2. The van der Waals surface area contributed by atoms with Gasteiger partial charge in [0.05, 0.1) is 30.3 Å². The van der Waals surface area contributed by atoms with Crippen molar-refractivity contribution in [2.45, 2.75) is 19.4 Å². The molecule has 0 aliphatic carbocycles. The minimum Gasteiger partial charge on any atom is -0.496 e. The van der Waals surface area contributed by atoms with Crippen LogP contribution in [0.25, 0.3) is 0 Å². The van der Waals surface area contributed by atoms with Crippen LogP contribution in [-0.2, 0) is 14.3 Å². The SMILES string of the molecule is COc1ccccc1C(=O)NCCC(=O)O[C@@H](C)C(=O)Nc1ccccc1C#N. The summed E-state index contributed by atoms with van der Waals surface area (Å²) in [5.74, 6) is -1.15. The maximum Gasteiger partial charge on any atom is 0.308 e. The normalized spacial score (nSPS) is 10.9. The summed E-state index contributed by atoms with van der Waals surface area (Å²) in [6, 6.07) is 15.2. The maximum atomic E-state index is 12.2. The van der Waals surface area contributed by atoms with Gasteiger partial charge in [0.2, 0.25) is 0 Å². The topological polar surface area (TPSA) is 118 Å². The van der Waals surface area contributed by atoms with E-state index in [9.17, 15) is 14.4 Å². The second-order valence-electron chi connectivity index (χ2n) is 5.98. The van der Waals surface area contributed by atoms with E-state index >= 15 is 0 Å². The molecule has 0 heterocycles. The minimum atomic E-state index is -1.06. The number of hydrogen-bond acceptors (Lipinski definition) is 6. The summed E-state index contributed by atoms with van der Waals surface area (Å²) >= 11 is 0. The minimum absolute atomic E-state index is 0.0430. The number of anilines is 1. The van der Waals surface area contributed by atoms with E-state index in [0.29, 0.717) is 22.6 Å². The van der Waals surface area contributed by atoms with Crippen LogP contribution in [-0.4, -0.2) is 37.5 Å². The Labute approximate surface area is 168 Å². The third kappa shape index (κ3) is 6.07. The average molecular weight is 395 g/mol. The molecule has 0 saturated heterocycles. The number of amides is 2. The lowest BCUT2D eigenvalue weighted by atomic mass is 10.2. The van der Waals surface area contributed by atoms with E-state index < -0.39 is 18.0 Å². The predicted molar refractivity (Wildman–Crippen MR) is 105 cm³/mol. The van der Waals surface area contributed by atoms with Crippen molar-refractivity contribution in [2.24, 2.45) is 0 Å². The van der Waals surface area contributed by atoms with Gasteiger partial charge in [-0.2, -0.15) is 5.26 Å². The first-order valence-corrected chi connectivity index (χ1v) is 8.87. The number of carbonyl (C=O) groups is 3. The van der Waals surface area contributed by atoms with Crippen LogP contribution in [0.1, 0.15) is 29.3 Å². The Morgan fingerprint density at radius 1 is 1.10 bits per heavy atom. The molecule has 2 N–H and O–H groups in total. The lowest BCUT2D eigenvalue weighted by Crippen LogP contribution is -2.32. The van der Waals surface area contributed by atoms with Gasteiger partial charge in [-0.15, -0.1) is 0 Å². The lowest BCUT2D eigenvalue weighted by Gasteiger charge is -2.14. The molecule has 8 nitrogen and oxygen atoms in total. The molecular weight excluding hydrogens is 374 g/mol.